The van der Waals surface area contributed by atoms with Crippen LogP contribution in [0.5, 0.6) is 0 Å². The SMILES string of the molecule is CC(C)C(C)C(=O)Nc1cccc(CNC2CC2)c1. The molecule has 3 heteroatoms. The van der Waals surface area contributed by atoms with Gasteiger partial charge in [0.15, 0.2) is 0 Å². The number of hydrogen-bond acceptors (Lipinski definition) is 2. The van der Waals surface area contributed by atoms with E-state index in [-0.39, 0.29) is 11.8 Å². The maximum atomic E-state index is 12.0. The van der Waals surface area contributed by atoms with Gasteiger partial charge in [0.05, 0.1) is 0 Å². The Morgan fingerprint density at radius 1 is 1.32 bits per heavy atom. The number of carbonyl (C=O) groups excluding carboxylic acids is 1. The molecule has 19 heavy (non-hydrogen) atoms. The number of benzene rings is 1. The maximum Gasteiger partial charge on any atom is 0.227 e. The Morgan fingerprint density at radius 2 is 2.05 bits per heavy atom. The fourth-order valence-electron chi connectivity index (χ4n) is 1.87. The second kappa shape index (κ2) is 6.20. The highest BCUT2D eigenvalue weighted by Crippen LogP contribution is 2.20. The molecule has 1 fully saturated rings. The van der Waals surface area contributed by atoms with Crippen LogP contribution in [-0.2, 0) is 11.3 Å². The van der Waals surface area contributed by atoms with Crippen LogP contribution >= 0.6 is 0 Å². The first-order valence-corrected chi connectivity index (χ1v) is 7.19. The number of amides is 1. The summed E-state index contributed by atoms with van der Waals surface area (Å²) in [6.45, 7) is 6.99. The molecule has 1 aromatic carbocycles. The third kappa shape index (κ3) is 4.35. The molecule has 1 atom stereocenters. The van der Waals surface area contributed by atoms with Gasteiger partial charge in [-0.25, -0.2) is 0 Å². The lowest BCUT2D eigenvalue weighted by Gasteiger charge is -2.15. The van der Waals surface area contributed by atoms with E-state index in [1.54, 1.807) is 0 Å². The highest BCUT2D eigenvalue weighted by Gasteiger charge is 2.20. The van der Waals surface area contributed by atoms with E-state index in [0.717, 1.165) is 12.2 Å². The molecule has 0 heterocycles. The van der Waals surface area contributed by atoms with Crippen LogP contribution < -0.4 is 10.6 Å². The van der Waals surface area contributed by atoms with Gasteiger partial charge in [-0.2, -0.15) is 0 Å². The van der Waals surface area contributed by atoms with Crippen LogP contribution in [0.2, 0.25) is 0 Å². The molecule has 0 saturated heterocycles. The molecule has 3 nitrogen and oxygen atoms in total. The van der Waals surface area contributed by atoms with E-state index < -0.39 is 0 Å². The predicted octanol–water partition coefficient (Wildman–Crippen LogP) is 3.17. The molecular weight excluding hydrogens is 236 g/mol. The minimum Gasteiger partial charge on any atom is -0.326 e. The molecule has 104 valence electrons. The van der Waals surface area contributed by atoms with Crippen LogP contribution in [0.1, 0.15) is 39.2 Å². The monoisotopic (exact) mass is 260 g/mol. The second-order valence-corrected chi connectivity index (χ2v) is 5.88. The molecule has 0 spiro atoms. The quantitative estimate of drug-likeness (QED) is 0.825. The zero-order valence-corrected chi connectivity index (χ0v) is 12.1. The van der Waals surface area contributed by atoms with Crippen LogP contribution in [0, 0.1) is 11.8 Å². The minimum absolute atomic E-state index is 0.0354. The molecule has 0 aromatic heterocycles. The summed E-state index contributed by atoms with van der Waals surface area (Å²) in [6, 6.07) is 8.81. The average Bonchev–Trinajstić information content (AvgIpc) is 3.19. The van der Waals surface area contributed by atoms with Crippen LogP contribution in [0.4, 0.5) is 5.69 Å². The Labute approximate surface area is 115 Å². The Kier molecular flexibility index (Phi) is 4.59. The lowest BCUT2D eigenvalue weighted by Crippen LogP contribution is -2.24. The normalized spacial score (nSPS) is 16.4. The van der Waals surface area contributed by atoms with Gasteiger partial charge in [-0.15, -0.1) is 0 Å². The minimum atomic E-state index is 0.0354. The van der Waals surface area contributed by atoms with E-state index in [0.29, 0.717) is 12.0 Å². The molecule has 0 radical (unpaired) electrons. The lowest BCUT2D eigenvalue weighted by atomic mass is 9.97. The van der Waals surface area contributed by atoms with Crippen LogP contribution in [0.15, 0.2) is 24.3 Å². The zero-order chi connectivity index (χ0) is 13.8. The van der Waals surface area contributed by atoms with E-state index in [4.69, 9.17) is 0 Å². The van der Waals surface area contributed by atoms with Crippen molar-refractivity contribution in [2.24, 2.45) is 11.8 Å². The lowest BCUT2D eigenvalue weighted by molar-refractivity contribution is -0.120. The van der Waals surface area contributed by atoms with Crippen LogP contribution in [-0.4, -0.2) is 11.9 Å². The van der Waals surface area contributed by atoms with Gasteiger partial charge in [-0.05, 0) is 36.5 Å². The third-order valence-corrected chi connectivity index (χ3v) is 3.78. The molecule has 0 aliphatic heterocycles. The summed E-state index contributed by atoms with van der Waals surface area (Å²) in [7, 11) is 0. The summed E-state index contributed by atoms with van der Waals surface area (Å²) in [4.78, 5) is 12.0. The number of hydrogen-bond donors (Lipinski definition) is 2. The number of rotatable bonds is 6. The van der Waals surface area contributed by atoms with Crippen molar-refractivity contribution in [2.75, 3.05) is 5.32 Å². The number of carbonyl (C=O) groups is 1. The first-order valence-electron chi connectivity index (χ1n) is 7.19. The number of nitrogens with one attached hydrogen (secondary N) is 2. The average molecular weight is 260 g/mol. The van der Waals surface area contributed by atoms with Gasteiger partial charge in [0.25, 0.3) is 0 Å². The van der Waals surface area contributed by atoms with Crippen molar-refractivity contribution in [1.82, 2.24) is 5.32 Å². The highest BCUT2D eigenvalue weighted by atomic mass is 16.1. The third-order valence-electron chi connectivity index (χ3n) is 3.78. The molecule has 1 aromatic rings. The summed E-state index contributed by atoms with van der Waals surface area (Å²) in [5, 5.41) is 6.48. The summed E-state index contributed by atoms with van der Waals surface area (Å²) in [5.74, 6) is 0.496. The summed E-state index contributed by atoms with van der Waals surface area (Å²) < 4.78 is 0. The van der Waals surface area contributed by atoms with Gasteiger partial charge in [0.1, 0.15) is 0 Å². The predicted molar refractivity (Wildman–Crippen MR) is 78.9 cm³/mol. The molecule has 2 N–H and O–H groups in total. The summed E-state index contributed by atoms with van der Waals surface area (Å²) >= 11 is 0. The Hall–Kier alpha value is -1.35. The fraction of sp³-hybridized carbons (Fsp3) is 0.562. The van der Waals surface area contributed by atoms with Gasteiger partial charge in [0, 0.05) is 24.2 Å². The highest BCUT2D eigenvalue weighted by molar-refractivity contribution is 5.92. The largest absolute Gasteiger partial charge is 0.326 e. The molecule has 1 aliphatic rings. The first-order chi connectivity index (χ1) is 9.06. The fourth-order valence-corrected chi connectivity index (χ4v) is 1.87. The van der Waals surface area contributed by atoms with Gasteiger partial charge in [-0.1, -0.05) is 32.9 Å². The molecule has 1 saturated carbocycles. The van der Waals surface area contributed by atoms with Crippen molar-refractivity contribution in [3.63, 3.8) is 0 Å². The van der Waals surface area contributed by atoms with Crippen LogP contribution in [0.25, 0.3) is 0 Å². The van der Waals surface area contributed by atoms with Gasteiger partial charge in [-0.3, -0.25) is 4.79 Å². The Bertz CT molecular complexity index is 438. The summed E-state index contributed by atoms with van der Waals surface area (Å²) in [6.07, 6.45) is 2.59. The smallest absolute Gasteiger partial charge is 0.227 e. The van der Waals surface area contributed by atoms with Gasteiger partial charge < -0.3 is 10.6 Å². The molecule has 1 amide bonds. The Balaban J connectivity index is 1.91. The van der Waals surface area contributed by atoms with Crippen molar-refractivity contribution in [3.05, 3.63) is 29.8 Å². The van der Waals surface area contributed by atoms with E-state index >= 15 is 0 Å². The first kappa shape index (κ1) is 14.1. The maximum absolute atomic E-state index is 12.0. The second-order valence-electron chi connectivity index (χ2n) is 5.88. The molecule has 0 bridgehead atoms. The van der Waals surface area contributed by atoms with E-state index in [9.17, 15) is 4.79 Å². The zero-order valence-electron chi connectivity index (χ0n) is 12.1. The van der Waals surface area contributed by atoms with Crippen molar-refractivity contribution in [1.29, 1.82) is 0 Å². The van der Waals surface area contributed by atoms with E-state index in [1.807, 2.05) is 19.1 Å². The van der Waals surface area contributed by atoms with E-state index in [1.165, 1.54) is 18.4 Å². The number of anilines is 1. The van der Waals surface area contributed by atoms with Gasteiger partial charge >= 0.3 is 0 Å². The summed E-state index contributed by atoms with van der Waals surface area (Å²) in [5.41, 5.74) is 2.12. The van der Waals surface area contributed by atoms with Gasteiger partial charge in [0.2, 0.25) is 5.91 Å². The molecule has 1 unspecified atom stereocenters. The van der Waals surface area contributed by atoms with Crippen LogP contribution in [0.3, 0.4) is 0 Å². The molecular formula is C16H24N2O. The van der Waals surface area contributed by atoms with Crippen molar-refractivity contribution < 1.29 is 4.79 Å². The topological polar surface area (TPSA) is 41.1 Å². The molecule has 1 aliphatic carbocycles. The molecule has 2 rings (SSSR count). The van der Waals surface area contributed by atoms with Crippen molar-refractivity contribution in [3.8, 4) is 0 Å². The standard InChI is InChI=1S/C16H24N2O/c1-11(2)12(3)16(19)18-15-6-4-5-13(9-15)10-17-14-7-8-14/h4-6,9,11-12,14,17H,7-8,10H2,1-3H3,(H,18,19). The van der Waals surface area contributed by atoms with Crippen molar-refractivity contribution >= 4 is 11.6 Å². The van der Waals surface area contributed by atoms with Crippen molar-refractivity contribution in [2.45, 2.75) is 46.2 Å². The van der Waals surface area contributed by atoms with E-state index in [2.05, 4.69) is 36.6 Å². The Morgan fingerprint density at radius 3 is 2.68 bits per heavy atom.